The molecule has 0 amide bonds. The number of hydrogen-bond donors (Lipinski definition) is 0. The third kappa shape index (κ3) is 2.71. The molecule has 2 aromatic carbocycles. The zero-order valence-electron chi connectivity index (χ0n) is 11.1. The maximum Gasteiger partial charge on any atom is 0.0992 e. The minimum Gasteiger partial charge on any atom is -0.371 e. The van der Waals surface area contributed by atoms with Gasteiger partial charge in [-0.2, -0.15) is 5.26 Å². The molecule has 0 spiro atoms. The van der Waals surface area contributed by atoms with Gasteiger partial charge in [-0.3, -0.25) is 0 Å². The van der Waals surface area contributed by atoms with Gasteiger partial charge in [0.15, 0.2) is 0 Å². The first kappa shape index (κ1) is 13.2. The summed E-state index contributed by atoms with van der Waals surface area (Å²) in [5.41, 5.74) is 4.73. The van der Waals surface area contributed by atoms with Crippen molar-refractivity contribution in [2.24, 2.45) is 0 Å². The van der Waals surface area contributed by atoms with Crippen LogP contribution < -0.4 is 4.90 Å². The fourth-order valence-electron chi connectivity index (χ4n) is 2.75. The predicted octanol–water partition coefficient (Wildman–Crippen LogP) is 3.93. The van der Waals surface area contributed by atoms with Gasteiger partial charge in [-0.25, -0.2) is 0 Å². The highest BCUT2D eigenvalue weighted by molar-refractivity contribution is 9.10. The molecule has 2 aromatic rings. The van der Waals surface area contributed by atoms with Crippen LogP contribution in [-0.2, 0) is 12.8 Å². The Bertz CT molecular complexity index is 646. The van der Waals surface area contributed by atoms with E-state index in [1.807, 2.05) is 12.1 Å². The topological polar surface area (TPSA) is 27.0 Å². The Balaban J connectivity index is 1.87. The smallest absolute Gasteiger partial charge is 0.0992 e. The predicted molar refractivity (Wildman–Crippen MR) is 84.9 cm³/mol. The molecule has 0 atom stereocenters. The number of anilines is 1. The van der Waals surface area contributed by atoms with Crippen LogP contribution in [0.25, 0.3) is 0 Å². The van der Waals surface area contributed by atoms with E-state index in [2.05, 4.69) is 57.2 Å². The second-order valence-corrected chi connectivity index (χ2v) is 5.98. The lowest BCUT2D eigenvalue weighted by atomic mass is 10.0. The summed E-state index contributed by atoms with van der Waals surface area (Å²) in [6.45, 7) is 2.00. The highest BCUT2D eigenvalue weighted by Crippen LogP contribution is 2.25. The molecule has 100 valence electrons. The number of fused-ring (bicyclic) bond motifs is 1. The van der Waals surface area contributed by atoms with Crippen LogP contribution in [0.4, 0.5) is 5.69 Å². The van der Waals surface area contributed by atoms with Gasteiger partial charge in [0.25, 0.3) is 0 Å². The van der Waals surface area contributed by atoms with Crippen LogP contribution in [0.1, 0.15) is 16.7 Å². The van der Waals surface area contributed by atoms with Crippen molar-refractivity contribution >= 4 is 21.6 Å². The van der Waals surface area contributed by atoms with Crippen LogP contribution in [0.3, 0.4) is 0 Å². The monoisotopic (exact) mass is 326 g/mol. The van der Waals surface area contributed by atoms with Crippen LogP contribution in [0.2, 0.25) is 0 Å². The highest BCUT2D eigenvalue weighted by atomic mass is 79.9. The molecule has 0 unspecified atom stereocenters. The van der Waals surface area contributed by atoms with Crippen molar-refractivity contribution in [1.29, 1.82) is 5.26 Å². The van der Waals surface area contributed by atoms with Gasteiger partial charge in [-0.05, 0) is 42.2 Å². The minimum atomic E-state index is 0.705. The molecule has 0 saturated heterocycles. The first-order valence-corrected chi connectivity index (χ1v) is 7.58. The summed E-state index contributed by atoms with van der Waals surface area (Å²) in [6, 6.07) is 16.8. The number of nitriles is 1. The van der Waals surface area contributed by atoms with Crippen LogP contribution >= 0.6 is 15.9 Å². The Morgan fingerprint density at radius 2 is 1.65 bits per heavy atom. The van der Waals surface area contributed by atoms with Gasteiger partial charge in [-0.15, -0.1) is 0 Å². The largest absolute Gasteiger partial charge is 0.371 e. The average Bonchev–Trinajstić information content (AvgIpc) is 2.69. The van der Waals surface area contributed by atoms with Crippen LogP contribution in [0, 0.1) is 11.3 Å². The summed E-state index contributed by atoms with van der Waals surface area (Å²) in [6.07, 6.45) is 2.12. The highest BCUT2D eigenvalue weighted by Gasteiger charge is 2.14. The molecule has 3 heteroatoms. The fourth-order valence-corrected chi connectivity index (χ4v) is 3.23. The fraction of sp³-hybridized carbons (Fsp3) is 0.235. The van der Waals surface area contributed by atoms with Crippen molar-refractivity contribution in [1.82, 2.24) is 0 Å². The Hall–Kier alpha value is -1.79. The van der Waals surface area contributed by atoms with Gasteiger partial charge in [-0.1, -0.05) is 40.2 Å². The van der Waals surface area contributed by atoms with Gasteiger partial charge in [0.05, 0.1) is 11.6 Å². The van der Waals surface area contributed by atoms with E-state index < -0.39 is 0 Å². The van der Waals surface area contributed by atoms with E-state index in [0.717, 1.165) is 36.1 Å². The summed E-state index contributed by atoms with van der Waals surface area (Å²) in [4.78, 5) is 2.37. The van der Waals surface area contributed by atoms with Crippen molar-refractivity contribution in [3.8, 4) is 6.07 Å². The van der Waals surface area contributed by atoms with Crippen molar-refractivity contribution in [3.05, 3.63) is 63.6 Å². The van der Waals surface area contributed by atoms with E-state index in [-0.39, 0.29) is 0 Å². The van der Waals surface area contributed by atoms with Crippen LogP contribution in [0.15, 0.2) is 46.9 Å². The quantitative estimate of drug-likeness (QED) is 0.794. The second-order valence-electron chi connectivity index (χ2n) is 5.07. The Kier molecular flexibility index (Phi) is 3.75. The van der Waals surface area contributed by atoms with E-state index in [4.69, 9.17) is 5.26 Å². The molecule has 3 rings (SSSR count). The van der Waals surface area contributed by atoms with Gasteiger partial charge in [0.1, 0.15) is 0 Å². The van der Waals surface area contributed by atoms with E-state index >= 15 is 0 Å². The second kappa shape index (κ2) is 5.68. The molecule has 0 fully saturated rings. The normalized spacial score (nSPS) is 14.3. The summed E-state index contributed by atoms with van der Waals surface area (Å²) < 4.78 is 0.966. The molecular formula is C17H15BrN2. The maximum atomic E-state index is 9.09. The number of hydrogen-bond acceptors (Lipinski definition) is 2. The first-order valence-electron chi connectivity index (χ1n) is 6.79. The molecule has 0 radical (unpaired) electrons. The van der Waals surface area contributed by atoms with Gasteiger partial charge in [0.2, 0.25) is 0 Å². The molecule has 2 nitrogen and oxygen atoms in total. The van der Waals surface area contributed by atoms with Crippen molar-refractivity contribution in [2.75, 3.05) is 18.0 Å². The molecule has 1 heterocycles. The lowest BCUT2D eigenvalue weighted by Crippen LogP contribution is -2.26. The zero-order valence-corrected chi connectivity index (χ0v) is 12.7. The average molecular weight is 327 g/mol. The van der Waals surface area contributed by atoms with Gasteiger partial charge in [0, 0.05) is 23.2 Å². The number of benzene rings is 2. The van der Waals surface area contributed by atoms with Crippen molar-refractivity contribution < 1.29 is 0 Å². The Morgan fingerprint density at radius 1 is 1.00 bits per heavy atom. The summed E-state index contributed by atoms with van der Waals surface area (Å²) in [5, 5.41) is 9.09. The third-order valence-electron chi connectivity index (χ3n) is 3.80. The first-order chi connectivity index (χ1) is 9.76. The molecule has 0 aliphatic carbocycles. The SMILES string of the molecule is N#Cc1cc(Br)cc(N2CCc3ccccc3CC2)c1. The van der Waals surface area contributed by atoms with Crippen molar-refractivity contribution in [2.45, 2.75) is 12.8 Å². The lowest BCUT2D eigenvalue weighted by molar-refractivity contribution is 0.805. The summed E-state index contributed by atoms with van der Waals surface area (Å²) in [7, 11) is 0. The third-order valence-corrected chi connectivity index (χ3v) is 4.26. The Morgan fingerprint density at radius 3 is 2.25 bits per heavy atom. The molecule has 1 aliphatic heterocycles. The standard InChI is InChI=1S/C17H15BrN2/c18-16-9-13(12-19)10-17(11-16)20-7-5-14-3-1-2-4-15(14)6-8-20/h1-4,9-11H,5-8H2. The summed E-state index contributed by atoms with van der Waals surface area (Å²) >= 11 is 3.49. The molecule has 0 bridgehead atoms. The molecular weight excluding hydrogens is 312 g/mol. The van der Waals surface area contributed by atoms with E-state index in [1.165, 1.54) is 11.1 Å². The van der Waals surface area contributed by atoms with E-state index in [0.29, 0.717) is 5.56 Å². The molecule has 0 N–H and O–H groups in total. The zero-order chi connectivity index (χ0) is 13.9. The number of rotatable bonds is 1. The molecule has 0 aromatic heterocycles. The van der Waals surface area contributed by atoms with E-state index in [9.17, 15) is 0 Å². The number of nitrogens with zero attached hydrogens (tertiary/aromatic N) is 2. The van der Waals surface area contributed by atoms with Crippen LogP contribution in [-0.4, -0.2) is 13.1 Å². The van der Waals surface area contributed by atoms with Gasteiger partial charge >= 0.3 is 0 Å². The lowest BCUT2D eigenvalue weighted by Gasteiger charge is -2.23. The Labute approximate surface area is 127 Å². The van der Waals surface area contributed by atoms with Gasteiger partial charge < -0.3 is 4.90 Å². The molecule has 1 aliphatic rings. The maximum absolute atomic E-state index is 9.09. The van der Waals surface area contributed by atoms with Crippen molar-refractivity contribution in [3.63, 3.8) is 0 Å². The minimum absolute atomic E-state index is 0.705. The molecule has 20 heavy (non-hydrogen) atoms. The molecule has 0 saturated carbocycles. The summed E-state index contributed by atoms with van der Waals surface area (Å²) in [5.74, 6) is 0. The van der Waals surface area contributed by atoms with Crippen LogP contribution in [0.5, 0.6) is 0 Å². The number of halogens is 1. The van der Waals surface area contributed by atoms with E-state index in [1.54, 1.807) is 0 Å².